The number of nitro groups is 1. The van der Waals surface area contributed by atoms with Crippen molar-refractivity contribution in [1.29, 1.82) is 0 Å². The summed E-state index contributed by atoms with van der Waals surface area (Å²) < 4.78 is 4.65. The van der Waals surface area contributed by atoms with E-state index in [0.29, 0.717) is 5.02 Å². The van der Waals surface area contributed by atoms with Gasteiger partial charge in [0.05, 0.1) is 16.1 Å². The van der Waals surface area contributed by atoms with Crippen molar-refractivity contribution in [2.45, 2.75) is 0 Å². The van der Waals surface area contributed by atoms with Crippen molar-refractivity contribution < 1.29 is 19.2 Å². The first-order chi connectivity index (χ1) is 9.97. The largest absolute Gasteiger partial charge is 0.386 e. The van der Waals surface area contributed by atoms with Crippen LogP contribution in [0.1, 0.15) is 20.7 Å². The van der Waals surface area contributed by atoms with Crippen molar-refractivity contribution in [3.63, 3.8) is 0 Å². The molecule has 7 heteroatoms. The summed E-state index contributed by atoms with van der Waals surface area (Å²) in [6.07, 6.45) is 0. The summed E-state index contributed by atoms with van der Waals surface area (Å²) in [5.41, 5.74) is -0.187. The Morgan fingerprint density at radius 1 is 1.00 bits per heavy atom. The van der Waals surface area contributed by atoms with Gasteiger partial charge in [0.2, 0.25) is 0 Å². The molecule has 0 radical (unpaired) electrons. The Morgan fingerprint density at radius 3 is 2.24 bits per heavy atom. The summed E-state index contributed by atoms with van der Waals surface area (Å²) in [5.74, 6) is -1.82. The lowest BCUT2D eigenvalue weighted by Crippen LogP contribution is -2.12. The van der Waals surface area contributed by atoms with Crippen LogP contribution in [0.5, 0.6) is 0 Å². The summed E-state index contributed by atoms with van der Waals surface area (Å²) in [5, 5.41) is 11.1. The fraction of sp³-hybridized carbons (Fsp3) is 0. The van der Waals surface area contributed by atoms with Crippen LogP contribution >= 0.6 is 11.6 Å². The molecule has 2 aromatic carbocycles. The van der Waals surface area contributed by atoms with E-state index in [4.69, 9.17) is 11.6 Å². The lowest BCUT2D eigenvalue weighted by molar-refractivity contribution is -0.384. The van der Waals surface area contributed by atoms with Gasteiger partial charge < -0.3 is 4.74 Å². The average Bonchev–Trinajstić information content (AvgIpc) is 2.48. The lowest BCUT2D eigenvalue weighted by atomic mass is 10.2. The van der Waals surface area contributed by atoms with Crippen LogP contribution < -0.4 is 0 Å². The fourth-order valence-corrected chi connectivity index (χ4v) is 1.66. The summed E-state index contributed by atoms with van der Waals surface area (Å²) in [6, 6.07) is 10.7. The van der Waals surface area contributed by atoms with Crippen LogP contribution in [0.3, 0.4) is 0 Å². The molecule has 0 aromatic heterocycles. The van der Waals surface area contributed by atoms with Gasteiger partial charge in [-0.05, 0) is 30.3 Å². The number of halogens is 1. The third kappa shape index (κ3) is 3.64. The molecular formula is C14H8ClNO5. The van der Waals surface area contributed by atoms with Gasteiger partial charge >= 0.3 is 11.9 Å². The Morgan fingerprint density at radius 2 is 1.62 bits per heavy atom. The van der Waals surface area contributed by atoms with E-state index in [2.05, 4.69) is 4.74 Å². The maximum atomic E-state index is 11.8. The first-order valence-corrected chi connectivity index (χ1v) is 6.11. The number of carbonyl (C=O) groups is 2. The molecule has 2 rings (SSSR count). The van der Waals surface area contributed by atoms with E-state index in [-0.39, 0.29) is 16.8 Å². The highest BCUT2D eigenvalue weighted by Gasteiger charge is 2.17. The molecule has 0 bridgehead atoms. The molecule has 0 saturated heterocycles. The van der Waals surface area contributed by atoms with E-state index in [1.807, 2.05) is 0 Å². The SMILES string of the molecule is O=C(OC(=O)c1cccc([N+](=O)[O-])c1)c1ccc(Cl)cc1. The van der Waals surface area contributed by atoms with Crippen LogP contribution in [-0.4, -0.2) is 16.9 Å². The minimum Gasteiger partial charge on any atom is -0.386 e. The standard InChI is InChI=1S/C14H8ClNO5/c15-11-6-4-9(5-7-11)13(17)21-14(18)10-2-1-3-12(8-10)16(19)20/h1-8H. The van der Waals surface area contributed by atoms with Crippen molar-refractivity contribution in [2.75, 3.05) is 0 Å². The molecule has 0 amide bonds. The van der Waals surface area contributed by atoms with Crippen LogP contribution in [0.25, 0.3) is 0 Å². The second-order valence-corrected chi connectivity index (χ2v) is 4.43. The van der Waals surface area contributed by atoms with E-state index in [0.717, 1.165) is 6.07 Å². The Kier molecular flexibility index (Phi) is 4.30. The molecule has 0 aliphatic heterocycles. The number of nitrogens with zero attached hydrogens (tertiary/aromatic N) is 1. The summed E-state index contributed by atoms with van der Waals surface area (Å²) in [4.78, 5) is 33.5. The zero-order chi connectivity index (χ0) is 15.4. The van der Waals surface area contributed by atoms with Crippen molar-refractivity contribution in [1.82, 2.24) is 0 Å². The first-order valence-electron chi connectivity index (χ1n) is 5.74. The highest BCUT2D eigenvalue weighted by molar-refractivity contribution is 6.30. The Bertz CT molecular complexity index is 712. The number of ether oxygens (including phenoxy) is 1. The zero-order valence-electron chi connectivity index (χ0n) is 10.5. The maximum absolute atomic E-state index is 11.8. The molecule has 2 aromatic rings. The average molecular weight is 306 g/mol. The third-order valence-corrected chi connectivity index (χ3v) is 2.81. The van der Waals surface area contributed by atoms with Crippen LogP contribution in [0.4, 0.5) is 5.69 Å². The minimum atomic E-state index is -0.960. The van der Waals surface area contributed by atoms with Gasteiger partial charge in [-0.1, -0.05) is 17.7 Å². The molecular weight excluding hydrogens is 298 g/mol. The number of rotatable bonds is 3. The van der Waals surface area contributed by atoms with E-state index in [9.17, 15) is 19.7 Å². The fourth-order valence-electron chi connectivity index (χ4n) is 1.53. The van der Waals surface area contributed by atoms with Crippen molar-refractivity contribution >= 4 is 29.2 Å². The van der Waals surface area contributed by atoms with Crippen molar-refractivity contribution in [2.24, 2.45) is 0 Å². The van der Waals surface area contributed by atoms with Gasteiger partial charge in [-0.3, -0.25) is 10.1 Å². The van der Waals surface area contributed by atoms with Crippen LogP contribution in [0, 0.1) is 10.1 Å². The van der Waals surface area contributed by atoms with Gasteiger partial charge in [0.1, 0.15) is 0 Å². The van der Waals surface area contributed by atoms with Gasteiger partial charge in [0.25, 0.3) is 5.69 Å². The Hall–Kier alpha value is -2.73. The molecule has 106 valence electrons. The zero-order valence-corrected chi connectivity index (χ0v) is 11.2. The number of hydrogen-bond donors (Lipinski definition) is 0. The number of esters is 2. The monoisotopic (exact) mass is 305 g/mol. The second-order valence-electron chi connectivity index (χ2n) is 3.99. The van der Waals surface area contributed by atoms with Crippen molar-refractivity contribution in [3.05, 3.63) is 74.8 Å². The molecule has 0 atom stereocenters. The molecule has 0 spiro atoms. The predicted molar refractivity (Wildman–Crippen MR) is 74.3 cm³/mol. The molecule has 6 nitrogen and oxygen atoms in total. The Balaban J connectivity index is 2.14. The summed E-state index contributed by atoms with van der Waals surface area (Å²) in [7, 11) is 0. The summed E-state index contributed by atoms with van der Waals surface area (Å²) in [6.45, 7) is 0. The molecule has 0 aliphatic carbocycles. The lowest BCUT2D eigenvalue weighted by Gasteiger charge is -2.03. The number of hydrogen-bond acceptors (Lipinski definition) is 5. The second kappa shape index (κ2) is 6.15. The molecule has 0 aliphatic rings. The number of benzene rings is 2. The third-order valence-electron chi connectivity index (χ3n) is 2.56. The van der Waals surface area contributed by atoms with Gasteiger partial charge in [0, 0.05) is 17.2 Å². The maximum Gasteiger partial charge on any atom is 0.346 e. The highest BCUT2D eigenvalue weighted by atomic mass is 35.5. The number of nitro benzene ring substituents is 1. The van der Waals surface area contributed by atoms with Crippen LogP contribution in [-0.2, 0) is 4.74 Å². The van der Waals surface area contributed by atoms with Gasteiger partial charge in [-0.2, -0.15) is 0 Å². The van der Waals surface area contributed by atoms with Gasteiger partial charge in [-0.15, -0.1) is 0 Å². The van der Waals surface area contributed by atoms with Crippen LogP contribution in [0.15, 0.2) is 48.5 Å². The normalized spacial score (nSPS) is 9.95. The van der Waals surface area contributed by atoms with Gasteiger partial charge in [0.15, 0.2) is 0 Å². The minimum absolute atomic E-state index is 0.0773. The predicted octanol–water partition coefficient (Wildman–Crippen LogP) is 3.25. The smallest absolute Gasteiger partial charge is 0.346 e. The van der Waals surface area contributed by atoms with E-state index in [1.54, 1.807) is 0 Å². The first kappa shape index (κ1) is 14.7. The molecule has 0 fully saturated rings. The molecule has 0 N–H and O–H groups in total. The van der Waals surface area contributed by atoms with E-state index in [1.165, 1.54) is 42.5 Å². The van der Waals surface area contributed by atoms with E-state index < -0.39 is 16.9 Å². The topological polar surface area (TPSA) is 86.5 Å². The van der Waals surface area contributed by atoms with Gasteiger partial charge in [-0.25, -0.2) is 9.59 Å². The van der Waals surface area contributed by atoms with E-state index >= 15 is 0 Å². The summed E-state index contributed by atoms with van der Waals surface area (Å²) >= 11 is 5.68. The van der Waals surface area contributed by atoms with Crippen LogP contribution in [0.2, 0.25) is 5.02 Å². The number of carbonyl (C=O) groups excluding carboxylic acids is 2. The highest BCUT2D eigenvalue weighted by Crippen LogP contribution is 2.15. The molecule has 0 heterocycles. The quantitative estimate of drug-likeness (QED) is 0.376. The molecule has 21 heavy (non-hydrogen) atoms. The molecule has 0 saturated carbocycles. The van der Waals surface area contributed by atoms with Crippen molar-refractivity contribution in [3.8, 4) is 0 Å². The number of non-ortho nitro benzene ring substituents is 1. The molecule has 0 unspecified atom stereocenters. The Labute approximate surface area is 124 Å².